The third-order valence-corrected chi connectivity index (χ3v) is 6.79. The van der Waals surface area contributed by atoms with E-state index in [4.69, 9.17) is 30.8 Å². The van der Waals surface area contributed by atoms with Crippen molar-refractivity contribution >= 4 is 40.7 Å². The molecule has 1 fully saturated rings. The van der Waals surface area contributed by atoms with Gasteiger partial charge in [-0.3, -0.25) is 9.79 Å². The molecule has 3 unspecified atom stereocenters. The average Bonchev–Trinajstić information content (AvgIpc) is 3.39. The second-order valence-electron chi connectivity index (χ2n) is 7.90. The fourth-order valence-electron chi connectivity index (χ4n) is 4.08. The molecule has 2 aromatic rings. The van der Waals surface area contributed by atoms with Crippen molar-refractivity contribution in [1.82, 2.24) is 10.3 Å². The molecule has 8 nitrogen and oxygen atoms in total. The highest BCUT2D eigenvalue weighted by Gasteiger charge is 2.39. The lowest BCUT2D eigenvalue weighted by molar-refractivity contribution is -0.154. The smallest absolute Gasteiger partial charge is 0.338 e. The van der Waals surface area contributed by atoms with Gasteiger partial charge < -0.3 is 19.5 Å². The maximum Gasteiger partial charge on any atom is 0.338 e. The van der Waals surface area contributed by atoms with Crippen LogP contribution in [0.5, 0.6) is 0 Å². The summed E-state index contributed by atoms with van der Waals surface area (Å²) in [6.07, 6.45) is 2.10. The molecule has 35 heavy (non-hydrogen) atoms. The number of carbonyl (C=O) groups excluding carboxylic acids is 2. The number of aromatic nitrogens is 1. The quantitative estimate of drug-likeness (QED) is 0.545. The summed E-state index contributed by atoms with van der Waals surface area (Å²) in [7, 11) is 0. The molecule has 0 saturated carbocycles. The molecule has 2 aliphatic rings. The number of benzene rings is 1. The van der Waals surface area contributed by atoms with Gasteiger partial charge in [0.15, 0.2) is 10.8 Å². The van der Waals surface area contributed by atoms with E-state index in [9.17, 15) is 14.0 Å². The Morgan fingerprint density at radius 1 is 1.26 bits per heavy atom. The Balaban J connectivity index is 1.76. The van der Waals surface area contributed by atoms with Crippen molar-refractivity contribution in [1.29, 1.82) is 0 Å². The van der Waals surface area contributed by atoms with E-state index in [0.717, 1.165) is 0 Å². The fourth-order valence-corrected chi connectivity index (χ4v) is 4.93. The van der Waals surface area contributed by atoms with Crippen LogP contribution in [0.1, 0.15) is 43.3 Å². The Morgan fingerprint density at radius 3 is 2.69 bits per heavy atom. The number of amidine groups is 1. The van der Waals surface area contributed by atoms with E-state index in [2.05, 4.69) is 10.3 Å². The predicted molar refractivity (Wildman–Crippen MR) is 129 cm³/mol. The number of halogens is 2. The van der Waals surface area contributed by atoms with Crippen LogP contribution < -0.4 is 5.32 Å². The molecular formula is C24H25ClFN3O5S. The van der Waals surface area contributed by atoms with Crippen molar-refractivity contribution in [3.8, 4) is 0 Å². The minimum atomic E-state index is -0.872. The molecule has 11 heteroatoms. The van der Waals surface area contributed by atoms with Crippen LogP contribution in [0.25, 0.3) is 0 Å². The van der Waals surface area contributed by atoms with Crippen LogP contribution in [-0.4, -0.2) is 48.7 Å². The predicted octanol–water partition coefficient (Wildman–Crippen LogP) is 4.20. The van der Waals surface area contributed by atoms with Crippen LogP contribution in [0, 0.1) is 11.7 Å². The molecule has 0 radical (unpaired) electrons. The molecule has 1 N–H and O–H groups in total. The Hall–Kier alpha value is -2.82. The minimum absolute atomic E-state index is 0.132. The van der Waals surface area contributed by atoms with Gasteiger partial charge in [0, 0.05) is 22.2 Å². The minimum Gasteiger partial charge on any atom is -0.466 e. The number of thiazole rings is 1. The average molecular weight is 522 g/mol. The van der Waals surface area contributed by atoms with Gasteiger partial charge in [-0.15, -0.1) is 11.3 Å². The van der Waals surface area contributed by atoms with Crippen molar-refractivity contribution in [3.05, 3.63) is 62.5 Å². The van der Waals surface area contributed by atoms with E-state index in [1.807, 2.05) is 5.38 Å². The number of esters is 2. The monoisotopic (exact) mass is 521 g/mol. The number of hydrogen-bond donors (Lipinski definition) is 1. The summed E-state index contributed by atoms with van der Waals surface area (Å²) in [6, 6.07) is 3.09. The number of ether oxygens (including phenoxy) is 3. The largest absolute Gasteiger partial charge is 0.466 e. The molecule has 0 spiro atoms. The molecule has 0 aliphatic carbocycles. The van der Waals surface area contributed by atoms with Crippen molar-refractivity contribution in [2.24, 2.45) is 10.9 Å². The number of aliphatic imine (C=N–C) groups is 1. The van der Waals surface area contributed by atoms with Gasteiger partial charge in [0.2, 0.25) is 0 Å². The molecular weight excluding hydrogens is 497 g/mol. The second kappa shape index (κ2) is 11.3. The highest BCUT2D eigenvalue weighted by molar-refractivity contribution is 7.11. The number of carbonyl (C=O) groups is 2. The maximum atomic E-state index is 13.8. The third-order valence-electron chi connectivity index (χ3n) is 5.68. The first kappa shape index (κ1) is 25.3. The van der Waals surface area contributed by atoms with Crippen LogP contribution in [0.3, 0.4) is 0 Å². The van der Waals surface area contributed by atoms with Gasteiger partial charge >= 0.3 is 11.9 Å². The van der Waals surface area contributed by atoms with E-state index >= 15 is 0 Å². The van der Waals surface area contributed by atoms with E-state index < -0.39 is 23.9 Å². The van der Waals surface area contributed by atoms with E-state index in [-0.39, 0.29) is 35.7 Å². The van der Waals surface area contributed by atoms with Crippen molar-refractivity contribution < 1.29 is 28.2 Å². The highest BCUT2D eigenvalue weighted by atomic mass is 35.5. The number of hydrogen-bond acceptors (Lipinski definition) is 9. The Bertz CT molecular complexity index is 1150. The van der Waals surface area contributed by atoms with Crippen molar-refractivity contribution in [2.75, 3.05) is 19.8 Å². The molecule has 1 aromatic heterocycles. The number of rotatable bonds is 7. The van der Waals surface area contributed by atoms with Gasteiger partial charge in [-0.1, -0.05) is 17.7 Å². The summed E-state index contributed by atoms with van der Waals surface area (Å²) >= 11 is 7.77. The zero-order chi connectivity index (χ0) is 24.9. The van der Waals surface area contributed by atoms with Crippen LogP contribution in [0.15, 0.2) is 46.0 Å². The van der Waals surface area contributed by atoms with E-state index in [1.54, 1.807) is 20.0 Å². The SMILES string of the molecule is CCOC(=O)C1=C(C2CCC(C(=O)OCC)CO2)NC(c2nccs2)=NC1c1ccc(F)cc1Cl. The fraction of sp³-hybridized carbons (Fsp3) is 0.417. The van der Waals surface area contributed by atoms with Crippen LogP contribution in [0.2, 0.25) is 5.02 Å². The maximum absolute atomic E-state index is 13.8. The lowest BCUT2D eigenvalue weighted by Crippen LogP contribution is -2.42. The third kappa shape index (κ3) is 5.55. The number of nitrogens with zero attached hydrogens (tertiary/aromatic N) is 2. The standard InChI is InChI=1S/C24H25ClFN3O5S/c1-3-32-23(30)13-5-8-17(34-12-13)20-18(24(31)33-4-2)19(15-7-6-14(26)11-16(15)25)28-21(29-20)22-27-9-10-35-22/h6-7,9-11,13,17,19H,3-5,8,12H2,1-2H3,(H,28,29). The molecule has 186 valence electrons. The second-order valence-corrected chi connectivity index (χ2v) is 9.21. The Morgan fingerprint density at radius 2 is 2.06 bits per heavy atom. The Kier molecular flexibility index (Phi) is 8.15. The van der Waals surface area contributed by atoms with Crippen LogP contribution in [0.4, 0.5) is 4.39 Å². The molecule has 2 aliphatic heterocycles. The molecule has 1 aromatic carbocycles. The van der Waals surface area contributed by atoms with Crippen LogP contribution in [-0.2, 0) is 23.8 Å². The van der Waals surface area contributed by atoms with E-state index in [1.165, 1.54) is 29.5 Å². The molecule has 3 atom stereocenters. The molecule has 3 heterocycles. The van der Waals surface area contributed by atoms with Gasteiger partial charge in [0.1, 0.15) is 11.9 Å². The highest BCUT2D eigenvalue weighted by Crippen LogP contribution is 2.39. The first-order chi connectivity index (χ1) is 16.9. The normalized spacial score (nSPS) is 22.3. The lowest BCUT2D eigenvalue weighted by Gasteiger charge is -2.34. The summed E-state index contributed by atoms with van der Waals surface area (Å²) in [5, 5.41) is 5.78. The lowest BCUT2D eigenvalue weighted by atomic mass is 9.90. The summed E-state index contributed by atoms with van der Waals surface area (Å²) in [6.45, 7) is 4.06. The molecule has 0 bridgehead atoms. The van der Waals surface area contributed by atoms with Gasteiger partial charge in [0.25, 0.3) is 0 Å². The van der Waals surface area contributed by atoms with Gasteiger partial charge in [0.05, 0.1) is 43.1 Å². The topological polar surface area (TPSA) is 99.1 Å². The summed E-state index contributed by atoms with van der Waals surface area (Å²) < 4.78 is 30.4. The van der Waals surface area contributed by atoms with Gasteiger partial charge in [-0.2, -0.15) is 0 Å². The first-order valence-electron chi connectivity index (χ1n) is 11.3. The zero-order valence-corrected chi connectivity index (χ0v) is 20.8. The molecule has 0 amide bonds. The van der Waals surface area contributed by atoms with Gasteiger partial charge in [-0.25, -0.2) is 14.2 Å². The molecule has 1 saturated heterocycles. The summed E-state index contributed by atoms with van der Waals surface area (Å²) in [5.41, 5.74) is 1.14. The van der Waals surface area contributed by atoms with Crippen molar-refractivity contribution in [2.45, 2.75) is 38.8 Å². The van der Waals surface area contributed by atoms with E-state index in [0.29, 0.717) is 41.6 Å². The van der Waals surface area contributed by atoms with Gasteiger partial charge in [-0.05, 0) is 38.8 Å². The zero-order valence-electron chi connectivity index (χ0n) is 19.3. The Labute approximate surface area is 211 Å². The first-order valence-corrected chi connectivity index (χ1v) is 12.6. The number of nitrogens with one attached hydrogen (secondary N) is 1. The van der Waals surface area contributed by atoms with Crippen LogP contribution >= 0.6 is 22.9 Å². The summed E-state index contributed by atoms with van der Waals surface area (Å²) in [5.74, 6) is -1.33. The molecule has 4 rings (SSSR count). The summed E-state index contributed by atoms with van der Waals surface area (Å²) in [4.78, 5) is 34.5. The van der Waals surface area contributed by atoms with Crippen molar-refractivity contribution in [3.63, 3.8) is 0 Å².